The lowest BCUT2D eigenvalue weighted by Crippen LogP contribution is -2.32. The molecule has 3 aromatic carbocycles. The second kappa shape index (κ2) is 9.26. The molecule has 0 bridgehead atoms. The van der Waals surface area contributed by atoms with E-state index in [2.05, 4.69) is 42.2 Å². The summed E-state index contributed by atoms with van der Waals surface area (Å²) in [4.78, 5) is 14.6. The second-order valence-corrected chi connectivity index (χ2v) is 8.82. The molecule has 1 aliphatic rings. The van der Waals surface area contributed by atoms with E-state index < -0.39 is 0 Å². The molecular weight excluding hydrogens is 426 g/mol. The van der Waals surface area contributed by atoms with E-state index in [1.54, 1.807) is 13.2 Å². The number of rotatable bonds is 6. The minimum Gasteiger partial charge on any atom is -0.497 e. The van der Waals surface area contributed by atoms with Crippen LogP contribution in [0.2, 0.25) is 0 Å². The second-order valence-electron chi connectivity index (χ2n) is 8.82. The van der Waals surface area contributed by atoms with Crippen molar-refractivity contribution in [3.63, 3.8) is 0 Å². The number of hydrogen-bond donors (Lipinski definition) is 0. The number of aryl methyl sites for hydroxylation is 2. The van der Waals surface area contributed by atoms with E-state index in [9.17, 15) is 4.79 Å². The van der Waals surface area contributed by atoms with Gasteiger partial charge in [0.1, 0.15) is 17.1 Å². The fourth-order valence-electron chi connectivity index (χ4n) is 4.65. The molecule has 0 N–H and O–H groups in total. The largest absolute Gasteiger partial charge is 0.497 e. The van der Waals surface area contributed by atoms with Crippen molar-refractivity contribution in [2.45, 2.75) is 39.7 Å². The minimum absolute atomic E-state index is 0.373. The minimum atomic E-state index is -0.373. The highest BCUT2D eigenvalue weighted by atomic mass is 16.5. The Morgan fingerprint density at radius 3 is 2.50 bits per heavy atom. The molecule has 5 nitrogen and oxygen atoms in total. The first-order valence-electron chi connectivity index (χ1n) is 11.8. The van der Waals surface area contributed by atoms with Crippen molar-refractivity contribution in [3.05, 3.63) is 87.8 Å². The van der Waals surface area contributed by atoms with Crippen LogP contribution in [0.5, 0.6) is 11.5 Å². The Bertz CT molecular complexity index is 1370. The summed E-state index contributed by atoms with van der Waals surface area (Å²) < 4.78 is 17.1. The van der Waals surface area contributed by atoms with Crippen LogP contribution in [0.15, 0.2) is 69.9 Å². The maximum Gasteiger partial charge on any atom is 0.336 e. The Hall–Kier alpha value is -3.73. The van der Waals surface area contributed by atoms with Gasteiger partial charge in [0.15, 0.2) is 6.73 Å². The van der Waals surface area contributed by atoms with Gasteiger partial charge >= 0.3 is 5.63 Å². The number of hydrogen-bond acceptors (Lipinski definition) is 5. The van der Waals surface area contributed by atoms with Crippen molar-refractivity contribution in [3.8, 4) is 22.6 Å². The van der Waals surface area contributed by atoms with Crippen LogP contribution in [0.3, 0.4) is 0 Å². The SMILES string of the molecule is CCCCc1ccc(N2COc3c(cc4c(-c5ccc(OC)cc5)cc(=O)oc4c3C)C2)cc1. The first-order chi connectivity index (χ1) is 16.6. The first kappa shape index (κ1) is 22.1. The third-order valence-electron chi connectivity index (χ3n) is 6.54. The predicted octanol–water partition coefficient (Wildman–Crippen LogP) is 6.48. The van der Waals surface area contributed by atoms with E-state index in [-0.39, 0.29) is 5.63 Å². The Morgan fingerprint density at radius 1 is 1.03 bits per heavy atom. The fourth-order valence-corrected chi connectivity index (χ4v) is 4.65. The van der Waals surface area contributed by atoms with Crippen molar-refractivity contribution in [1.29, 1.82) is 0 Å². The highest BCUT2D eigenvalue weighted by Gasteiger charge is 2.23. The topological polar surface area (TPSA) is 51.9 Å². The molecule has 0 saturated carbocycles. The van der Waals surface area contributed by atoms with E-state index in [1.807, 2.05) is 31.2 Å². The summed E-state index contributed by atoms with van der Waals surface area (Å²) in [6, 6.07) is 20.2. The third kappa shape index (κ3) is 4.14. The number of unbranched alkanes of at least 4 members (excludes halogenated alkanes) is 1. The maximum atomic E-state index is 12.4. The van der Waals surface area contributed by atoms with Crippen LogP contribution < -0.4 is 20.0 Å². The monoisotopic (exact) mass is 455 g/mol. The highest BCUT2D eigenvalue weighted by Crippen LogP contribution is 2.39. The van der Waals surface area contributed by atoms with Crippen LogP contribution in [0.25, 0.3) is 22.1 Å². The van der Waals surface area contributed by atoms with Gasteiger partial charge in [-0.05, 0) is 66.8 Å². The van der Waals surface area contributed by atoms with Gasteiger partial charge in [0, 0.05) is 34.8 Å². The van der Waals surface area contributed by atoms with Crippen LogP contribution in [-0.2, 0) is 13.0 Å². The van der Waals surface area contributed by atoms with Crippen molar-refractivity contribution in [2.24, 2.45) is 0 Å². The van der Waals surface area contributed by atoms with Gasteiger partial charge in [0.25, 0.3) is 0 Å². The van der Waals surface area contributed by atoms with Gasteiger partial charge in [0.2, 0.25) is 0 Å². The summed E-state index contributed by atoms with van der Waals surface area (Å²) in [7, 11) is 1.64. The summed E-state index contributed by atoms with van der Waals surface area (Å²) in [5.41, 5.74) is 6.42. The first-order valence-corrected chi connectivity index (χ1v) is 11.8. The Kier molecular flexibility index (Phi) is 6.01. The Balaban J connectivity index is 1.53. The average Bonchev–Trinajstić information content (AvgIpc) is 2.88. The Labute approximate surface area is 199 Å². The van der Waals surface area contributed by atoms with Gasteiger partial charge in [-0.25, -0.2) is 4.79 Å². The van der Waals surface area contributed by atoms with Gasteiger partial charge < -0.3 is 18.8 Å². The fraction of sp³-hybridized carbons (Fsp3) is 0.276. The molecule has 0 spiro atoms. The number of benzene rings is 3. The van der Waals surface area contributed by atoms with Crippen LogP contribution in [0.1, 0.15) is 36.5 Å². The van der Waals surface area contributed by atoms with Gasteiger partial charge in [-0.1, -0.05) is 37.6 Å². The molecular formula is C29H29NO4. The molecule has 0 unspecified atom stereocenters. The number of nitrogens with zero attached hydrogens (tertiary/aromatic N) is 1. The standard InChI is InChI=1S/C29H29NO4/c1-4-5-6-20-7-11-23(12-8-20)30-17-22-15-26-25(21-9-13-24(32-3)14-10-21)16-27(31)34-29(26)19(2)28(22)33-18-30/h7-16H,4-6,17-18H2,1-3H3. The molecule has 0 saturated heterocycles. The molecule has 0 aliphatic carbocycles. The molecule has 34 heavy (non-hydrogen) atoms. The molecule has 5 rings (SSSR count). The summed E-state index contributed by atoms with van der Waals surface area (Å²) in [6.07, 6.45) is 3.52. The predicted molar refractivity (Wildman–Crippen MR) is 136 cm³/mol. The zero-order chi connectivity index (χ0) is 23.7. The van der Waals surface area contributed by atoms with Gasteiger partial charge in [-0.2, -0.15) is 0 Å². The Morgan fingerprint density at radius 2 is 1.79 bits per heavy atom. The lowest BCUT2D eigenvalue weighted by molar-refractivity contribution is 0.287. The summed E-state index contributed by atoms with van der Waals surface area (Å²) in [6.45, 7) is 5.35. The quantitative estimate of drug-likeness (QED) is 0.312. The number of ether oxygens (including phenoxy) is 2. The highest BCUT2D eigenvalue weighted by molar-refractivity contribution is 5.96. The molecule has 174 valence electrons. The summed E-state index contributed by atoms with van der Waals surface area (Å²) >= 11 is 0. The zero-order valence-corrected chi connectivity index (χ0v) is 19.9. The van der Waals surface area contributed by atoms with Gasteiger partial charge in [0.05, 0.1) is 7.11 Å². The molecule has 4 aromatic rings. The molecule has 1 aromatic heterocycles. The third-order valence-corrected chi connectivity index (χ3v) is 6.54. The number of anilines is 1. The van der Waals surface area contributed by atoms with Crippen molar-refractivity contribution in [2.75, 3.05) is 18.7 Å². The lowest BCUT2D eigenvalue weighted by Gasteiger charge is -2.32. The summed E-state index contributed by atoms with van der Waals surface area (Å²) in [5, 5.41) is 0.904. The van der Waals surface area contributed by atoms with Crippen LogP contribution >= 0.6 is 0 Å². The normalized spacial score (nSPS) is 13.0. The average molecular weight is 456 g/mol. The number of fused-ring (bicyclic) bond motifs is 2. The molecule has 1 aliphatic heterocycles. The lowest BCUT2D eigenvalue weighted by atomic mass is 9.96. The molecule has 0 radical (unpaired) electrons. The van der Waals surface area contributed by atoms with E-state index in [1.165, 1.54) is 18.4 Å². The zero-order valence-electron chi connectivity index (χ0n) is 19.9. The van der Waals surface area contributed by atoms with Crippen LogP contribution in [-0.4, -0.2) is 13.8 Å². The summed E-state index contributed by atoms with van der Waals surface area (Å²) in [5.74, 6) is 1.58. The van der Waals surface area contributed by atoms with Crippen LogP contribution in [0, 0.1) is 6.92 Å². The molecule has 2 heterocycles. The van der Waals surface area contributed by atoms with Gasteiger partial charge in [-0.15, -0.1) is 0 Å². The molecule has 0 fully saturated rings. The van der Waals surface area contributed by atoms with E-state index >= 15 is 0 Å². The van der Waals surface area contributed by atoms with Crippen molar-refractivity contribution < 1.29 is 13.9 Å². The van der Waals surface area contributed by atoms with Gasteiger partial charge in [-0.3, -0.25) is 0 Å². The van der Waals surface area contributed by atoms with E-state index in [0.717, 1.165) is 57.8 Å². The van der Waals surface area contributed by atoms with Crippen molar-refractivity contribution >= 4 is 16.7 Å². The molecule has 0 amide bonds. The molecule has 5 heteroatoms. The molecule has 0 atom stereocenters. The van der Waals surface area contributed by atoms with E-state index in [4.69, 9.17) is 13.9 Å². The smallest absolute Gasteiger partial charge is 0.336 e. The number of methoxy groups -OCH3 is 1. The maximum absolute atomic E-state index is 12.4. The van der Waals surface area contributed by atoms with Crippen LogP contribution in [0.4, 0.5) is 5.69 Å². The van der Waals surface area contributed by atoms with E-state index in [0.29, 0.717) is 12.3 Å². The van der Waals surface area contributed by atoms with Crippen molar-refractivity contribution in [1.82, 2.24) is 0 Å².